The second-order valence-corrected chi connectivity index (χ2v) is 6.39. The highest BCUT2D eigenvalue weighted by Gasteiger charge is 2.39. The van der Waals surface area contributed by atoms with Gasteiger partial charge >= 0.3 is 6.18 Å². The summed E-state index contributed by atoms with van der Waals surface area (Å²) in [6, 6.07) is 11.6. The van der Waals surface area contributed by atoms with E-state index in [1.54, 1.807) is 31.2 Å². The van der Waals surface area contributed by atoms with Gasteiger partial charge in [-0.3, -0.25) is 9.59 Å². The lowest BCUT2D eigenvalue weighted by Crippen LogP contribution is -2.42. The summed E-state index contributed by atoms with van der Waals surface area (Å²) in [4.78, 5) is 25.0. The summed E-state index contributed by atoms with van der Waals surface area (Å²) in [5.41, 5.74) is -1.60. The molecule has 0 bridgehead atoms. The van der Waals surface area contributed by atoms with E-state index in [9.17, 15) is 22.8 Å². The number of carbonyl (C=O) groups is 2. The van der Waals surface area contributed by atoms with Crippen LogP contribution in [0, 0.1) is 12.3 Å². The Morgan fingerprint density at radius 2 is 1.27 bits per heavy atom. The van der Waals surface area contributed by atoms with Gasteiger partial charge in [0.1, 0.15) is 5.41 Å². The number of anilines is 2. The summed E-state index contributed by atoms with van der Waals surface area (Å²) in [6.07, 6.45) is -4.61. The Morgan fingerprint density at radius 3 is 1.81 bits per heavy atom. The average molecular weight is 364 g/mol. The smallest absolute Gasteiger partial charge is 0.325 e. The number of rotatable bonds is 4. The van der Waals surface area contributed by atoms with Crippen molar-refractivity contribution in [2.75, 3.05) is 10.6 Å². The molecular weight excluding hydrogens is 345 g/mol. The molecule has 0 unspecified atom stereocenters. The van der Waals surface area contributed by atoms with Crippen molar-refractivity contribution in [2.24, 2.45) is 5.41 Å². The molecule has 0 spiro atoms. The van der Waals surface area contributed by atoms with Gasteiger partial charge in [0.25, 0.3) is 0 Å². The van der Waals surface area contributed by atoms with E-state index in [-0.39, 0.29) is 5.69 Å². The SMILES string of the molecule is Cc1ccccc1NC(=O)C(C)(C)C(=O)Nc1ccccc1C(F)(F)F. The van der Waals surface area contributed by atoms with Crippen LogP contribution in [0.3, 0.4) is 0 Å². The maximum Gasteiger partial charge on any atom is 0.418 e. The second kappa shape index (κ2) is 7.19. The van der Waals surface area contributed by atoms with Crippen molar-refractivity contribution in [3.05, 3.63) is 59.7 Å². The van der Waals surface area contributed by atoms with E-state index in [1.165, 1.54) is 26.0 Å². The van der Waals surface area contributed by atoms with E-state index in [4.69, 9.17) is 0 Å². The van der Waals surface area contributed by atoms with Crippen molar-refractivity contribution in [3.63, 3.8) is 0 Å². The maximum absolute atomic E-state index is 13.1. The summed E-state index contributed by atoms with van der Waals surface area (Å²) in [6.45, 7) is 4.50. The van der Waals surface area contributed by atoms with Crippen molar-refractivity contribution in [1.82, 2.24) is 0 Å². The van der Waals surface area contributed by atoms with E-state index in [0.29, 0.717) is 5.69 Å². The zero-order valence-corrected chi connectivity index (χ0v) is 14.6. The number of hydrogen-bond acceptors (Lipinski definition) is 2. The molecule has 0 fully saturated rings. The van der Waals surface area contributed by atoms with Gasteiger partial charge < -0.3 is 10.6 Å². The summed E-state index contributed by atoms with van der Waals surface area (Å²) < 4.78 is 39.2. The first-order valence-corrected chi connectivity index (χ1v) is 7.88. The zero-order valence-electron chi connectivity index (χ0n) is 14.6. The molecule has 4 nitrogen and oxygen atoms in total. The Bertz CT molecular complexity index is 830. The monoisotopic (exact) mass is 364 g/mol. The van der Waals surface area contributed by atoms with Gasteiger partial charge in [-0.2, -0.15) is 13.2 Å². The van der Waals surface area contributed by atoms with Crippen LogP contribution in [-0.2, 0) is 15.8 Å². The topological polar surface area (TPSA) is 58.2 Å². The molecule has 0 atom stereocenters. The van der Waals surface area contributed by atoms with Crippen LogP contribution in [0.4, 0.5) is 24.5 Å². The Hall–Kier alpha value is -2.83. The van der Waals surface area contributed by atoms with E-state index in [2.05, 4.69) is 10.6 Å². The highest BCUT2D eigenvalue weighted by Crippen LogP contribution is 2.35. The minimum atomic E-state index is -4.61. The third-order valence-electron chi connectivity index (χ3n) is 4.01. The molecule has 2 aromatic rings. The van der Waals surface area contributed by atoms with Gasteiger partial charge in [0.05, 0.1) is 11.3 Å². The first-order chi connectivity index (χ1) is 12.0. The number of carbonyl (C=O) groups excluding carboxylic acids is 2. The second-order valence-electron chi connectivity index (χ2n) is 6.39. The molecule has 0 heterocycles. The van der Waals surface area contributed by atoms with Gasteiger partial charge in [-0.15, -0.1) is 0 Å². The van der Waals surface area contributed by atoms with Gasteiger partial charge in [0.15, 0.2) is 0 Å². The number of aryl methyl sites for hydroxylation is 1. The summed E-state index contributed by atoms with van der Waals surface area (Å²) in [5, 5.41) is 4.86. The van der Waals surface area contributed by atoms with Crippen molar-refractivity contribution in [2.45, 2.75) is 26.9 Å². The number of alkyl halides is 3. The Morgan fingerprint density at radius 1 is 0.808 bits per heavy atom. The number of para-hydroxylation sites is 2. The average Bonchev–Trinajstić information content (AvgIpc) is 2.56. The predicted octanol–water partition coefficient (Wildman–Crippen LogP) is 4.62. The van der Waals surface area contributed by atoms with Crippen LogP contribution >= 0.6 is 0 Å². The number of benzene rings is 2. The first-order valence-electron chi connectivity index (χ1n) is 7.88. The Labute approximate surface area is 149 Å². The third kappa shape index (κ3) is 4.22. The molecule has 2 rings (SSSR count). The van der Waals surface area contributed by atoms with E-state index in [1.807, 2.05) is 0 Å². The summed E-state index contributed by atoms with van der Waals surface area (Å²) in [7, 11) is 0. The van der Waals surface area contributed by atoms with E-state index >= 15 is 0 Å². The minimum absolute atomic E-state index is 0.387. The van der Waals surface area contributed by atoms with Crippen LogP contribution in [0.2, 0.25) is 0 Å². The molecule has 0 saturated carbocycles. The van der Waals surface area contributed by atoms with Crippen LogP contribution in [0.5, 0.6) is 0 Å². The van der Waals surface area contributed by atoms with Crippen LogP contribution in [0.15, 0.2) is 48.5 Å². The Balaban J connectivity index is 2.21. The van der Waals surface area contributed by atoms with Gasteiger partial charge in [-0.05, 0) is 44.5 Å². The molecule has 0 aliphatic carbocycles. The molecule has 0 aliphatic heterocycles. The molecule has 2 N–H and O–H groups in total. The highest BCUT2D eigenvalue weighted by molar-refractivity contribution is 6.14. The number of nitrogens with one attached hydrogen (secondary N) is 2. The van der Waals surface area contributed by atoms with E-state index in [0.717, 1.165) is 17.7 Å². The van der Waals surface area contributed by atoms with Crippen LogP contribution < -0.4 is 10.6 Å². The van der Waals surface area contributed by atoms with Crippen LogP contribution in [0.25, 0.3) is 0 Å². The van der Waals surface area contributed by atoms with Crippen molar-refractivity contribution in [1.29, 1.82) is 0 Å². The van der Waals surface area contributed by atoms with Crippen molar-refractivity contribution >= 4 is 23.2 Å². The molecule has 0 saturated heterocycles. The van der Waals surface area contributed by atoms with Gasteiger partial charge in [-0.25, -0.2) is 0 Å². The molecule has 0 aliphatic rings. The first kappa shape index (κ1) is 19.5. The summed E-state index contributed by atoms with van der Waals surface area (Å²) in [5.74, 6) is -1.45. The fourth-order valence-electron chi connectivity index (χ4n) is 2.21. The molecule has 0 aromatic heterocycles. The zero-order chi connectivity index (χ0) is 19.5. The molecular formula is C19H19F3N2O2. The summed E-state index contributed by atoms with van der Waals surface area (Å²) >= 11 is 0. The molecule has 138 valence electrons. The normalized spacial score (nSPS) is 11.8. The van der Waals surface area contributed by atoms with Gasteiger partial charge in [0.2, 0.25) is 11.8 Å². The fourth-order valence-corrected chi connectivity index (χ4v) is 2.21. The highest BCUT2D eigenvalue weighted by atomic mass is 19.4. The third-order valence-corrected chi connectivity index (χ3v) is 4.01. The number of halogens is 3. The molecule has 2 amide bonds. The fraction of sp³-hybridized carbons (Fsp3) is 0.263. The number of amides is 2. The van der Waals surface area contributed by atoms with Crippen molar-refractivity contribution in [3.8, 4) is 0 Å². The van der Waals surface area contributed by atoms with Gasteiger partial charge in [-0.1, -0.05) is 30.3 Å². The van der Waals surface area contributed by atoms with Crippen LogP contribution in [-0.4, -0.2) is 11.8 Å². The largest absolute Gasteiger partial charge is 0.418 e. The van der Waals surface area contributed by atoms with Crippen LogP contribution in [0.1, 0.15) is 25.0 Å². The number of hydrogen-bond donors (Lipinski definition) is 2. The standard InChI is InChI=1S/C19H19F3N2O2/c1-12-8-4-6-10-14(12)23-16(25)18(2,3)17(26)24-15-11-7-5-9-13(15)19(20,21)22/h4-11H,1-3H3,(H,23,25)(H,24,26). The lowest BCUT2D eigenvalue weighted by Gasteiger charge is -2.24. The molecule has 26 heavy (non-hydrogen) atoms. The maximum atomic E-state index is 13.1. The lowest BCUT2D eigenvalue weighted by molar-refractivity contribution is -0.137. The molecule has 0 radical (unpaired) electrons. The lowest BCUT2D eigenvalue weighted by atomic mass is 9.90. The van der Waals surface area contributed by atoms with Crippen molar-refractivity contribution < 1.29 is 22.8 Å². The minimum Gasteiger partial charge on any atom is -0.325 e. The molecule has 7 heteroatoms. The predicted molar refractivity (Wildman–Crippen MR) is 93.7 cm³/mol. The quantitative estimate of drug-likeness (QED) is 0.778. The van der Waals surface area contributed by atoms with E-state index < -0.39 is 29.0 Å². The Kier molecular flexibility index (Phi) is 5.39. The van der Waals surface area contributed by atoms with Gasteiger partial charge in [0, 0.05) is 5.69 Å². The molecule has 2 aromatic carbocycles.